The van der Waals surface area contributed by atoms with Crippen LogP contribution in [0.3, 0.4) is 0 Å². The second kappa shape index (κ2) is 6.21. The number of nitrogens with one attached hydrogen (secondary N) is 1. The molecule has 2 aromatic rings. The highest BCUT2D eigenvalue weighted by atomic mass is 14.9. The van der Waals surface area contributed by atoms with Gasteiger partial charge in [-0.1, -0.05) is 42.5 Å². The molecule has 0 aliphatic heterocycles. The molecule has 2 aliphatic rings. The number of rotatable bonds is 5. The van der Waals surface area contributed by atoms with Crippen molar-refractivity contribution in [2.24, 2.45) is 0 Å². The lowest BCUT2D eigenvalue weighted by molar-refractivity contribution is 0.591. The fourth-order valence-corrected chi connectivity index (χ4v) is 3.58. The Morgan fingerprint density at radius 1 is 0.957 bits per heavy atom. The minimum absolute atomic E-state index is 0.431. The summed E-state index contributed by atoms with van der Waals surface area (Å²) in [6.45, 7) is 1.12. The van der Waals surface area contributed by atoms with E-state index in [0.29, 0.717) is 5.92 Å². The van der Waals surface area contributed by atoms with Crippen LogP contribution in [-0.2, 0) is 0 Å². The van der Waals surface area contributed by atoms with Crippen LogP contribution in [0.1, 0.15) is 53.9 Å². The molecule has 2 heteroatoms. The normalized spacial score (nSPS) is 19.0. The van der Waals surface area contributed by atoms with Crippen molar-refractivity contribution in [3.8, 4) is 0 Å². The first-order valence-corrected chi connectivity index (χ1v) is 8.71. The van der Waals surface area contributed by atoms with Gasteiger partial charge in [0, 0.05) is 17.6 Å². The van der Waals surface area contributed by atoms with Gasteiger partial charge in [0.25, 0.3) is 0 Å². The summed E-state index contributed by atoms with van der Waals surface area (Å²) in [7, 11) is 0. The van der Waals surface area contributed by atoms with Crippen LogP contribution < -0.4 is 11.1 Å². The van der Waals surface area contributed by atoms with Crippen LogP contribution in [0.2, 0.25) is 0 Å². The lowest BCUT2D eigenvalue weighted by Crippen LogP contribution is -2.18. The zero-order valence-electron chi connectivity index (χ0n) is 13.5. The molecular formula is C21H24N2. The summed E-state index contributed by atoms with van der Waals surface area (Å²) in [5, 5.41) is 3.63. The van der Waals surface area contributed by atoms with Gasteiger partial charge in [0.05, 0.1) is 0 Å². The van der Waals surface area contributed by atoms with Crippen molar-refractivity contribution in [2.45, 2.75) is 37.6 Å². The van der Waals surface area contributed by atoms with Gasteiger partial charge in [0.1, 0.15) is 0 Å². The molecule has 1 atom stereocenters. The second-order valence-electron chi connectivity index (χ2n) is 6.77. The molecule has 0 aromatic heterocycles. The summed E-state index contributed by atoms with van der Waals surface area (Å²) in [5.41, 5.74) is 12.4. The molecule has 2 nitrogen and oxygen atoms in total. The van der Waals surface area contributed by atoms with E-state index in [9.17, 15) is 0 Å². The third-order valence-electron chi connectivity index (χ3n) is 4.98. The van der Waals surface area contributed by atoms with Gasteiger partial charge in [-0.3, -0.25) is 0 Å². The van der Waals surface area contributed by atoms with Crippen LogP contribution in [0.15, 0.2) is 42.5 Å². The molecule has 0 amide bonds. The maximum atomic E-state index is 6.08. The molecule has 0 bridgehead atoms. The Kier molecular flexibility index (Phi) is 3.92. The molecule has 4 rings (SSSR count). The average molecular weight is 304 g/mol. The first kappa shape index (κ1) is 14.5. The molecule has 0 saturated heterocycles. The summed E-state index contributed by atoms with van der Waals surface area (Å²) in [6.07, 6.45) is 9.55. The summed E-state index contributed by atoms with van der Waals surface area (Å²) in [4.78, 5) is 0. The molecule has 0 radical (unpaired) electrons. The van der Waals surface area contributed by atoms with Crippen LogP contribution in [0.5, 0.6) is 0 Å². The Hall–Kier alpha value is -2.06. The number of nitrogens with two attached hydrogens (primary N) is 1. The minimum Gasteiger partial charge on any atom is -0.399 e. The first-order chi connectivity index (χ1) is 11.3. The van der Waals surface area contributed by atoms with Crippen molar-refractivity contribution >= 4 is 17.8 Å². The molecule has 1 saturated carbocycles. The summed E-state index contributed by atoms with van der Waals surface area (Å²) in [6, 6.07) is 15.9. The lowest BCUT2D eigenvalue weighted by atomic mass is 9.84. The predicted octanol–water partition coefficient (Wildman–Crippen LogP) is 4.42. The molecule has 2 aliphatic carbocycles. The van der Waals surface area contributed by atoms with E-state index in [-0.39, 0.29) is 0 Å². The van der Waals surface area contributed by atoms with Crippen LogP contribution in [0.25, 0.3) is 12.2 Å². The zero-order valence-corrected chi connectivity index (χ0v) is 13.5. The van der Waals surface area contributed by atoms with Gasteiger partial charge < -0.3 is 11.1 Å². The third-order valence-corrected chi connectivity index (χ3v) is 4.98. The summed E-state index contributed by atoms with van der Waals surface area (Å²) in [5.74, 6) is 0.431. The molecule has 2 aromatic carbocycles. The van der Waals surface area contributed by atoms with E-state index in [0.717, 1.165) is 24.7 Å². The highest BCUT2D eigenvalue weighted by molar-refractivity contribution is 5.77. The minimum atomic E-state index is 0.431. The van der Waals surface area contributed by atoms with Crippen molar-refractivity contribution in [3.63, 3.8) is 0 Å². The lowest BCUT2D eigenvalue weighted by Gasteiger charge is -2.21. The van der Waals surface area contributed by atoms with E-state index in [2.05, 4.69) is 53.9 Å². The predicted molar refractivity (Wildman–Crippen MR) is 98.3 cm³/mol. The van der Waals surface area contributed by atoms with Gasteiger partial charge in [-0.05, 0) is 66.6 Å². The number of anilines is 1. The quantitative estimate of drug-likeness (QED) is 0.634. The Morgan fingerprint density at radius 3 is 2.57 bits per heavy atom. The van der Waals surface area contributed by atoms with Gasteiger partial charge >= 0.3 is 0 Å². The van der Waals surface area contributed by atoms with Gasteiger partial charge in [-0.2, -0.15) is 0 Å². The largest absolute Gasteiger partial charge is 0.399 e. The fourth-order valence-electron chi connectivity index (χ4n) is 3.58. The molecule has 0 spiro atoms. The van der Waals surface area contributed by atoms with Crippen molar-refractivity contribution in [1.29, 1.82) is 0 Å². The van der Waals surface area contributed by atoms with Crippen LogP contribution in [0.4, 0.5) is 5.69 Å². The van der Waals surface area contributed by atoms with E-state index < -0.39 is 0 Å². The Balaban J connectivity index is 1.63. The number of benzene rings is 2. The highest BCUT2D eigenvalue weighted by Gasteiger charge is 2.23. The van der Waals surface area contributed by atoms with Crippen molar-refractivity contribution < 1.29 is 0 Å². The van der Waals surface area contributed by atoms with E-state index in [1.54, 1.807) is 0 Å². The van der Waals surface area contributed by atoms with Crippen LogP contribution in [-0.4, -0.2) is 12.6 Å². The molecule has 3 N–H and O–H groups in total. The Labute approximate surface area is 138 Å². The second-order valence-corrected chi connectivity index (χ2v) is 6.77. The van der Waals surface area contributed by atoms with E-state index in [1.165, 1.54) is 41.5 Å². The Morgan fingerprint density at radius 2 is 1.74 bits per heavy atom. The van der Waals surface area contributed by atoms with Gasteiger partial charge in [0.2, 0.25) is 0 Å². The first-order valence-electron chi connectivity index (χ1n) is 8.71. The molecule has 23 heavy (non-hydrogen) atoms. The number of nitrogen functional groups attached to an aromatic ring is 1. The Bertz CT molecular complexity index is 728. The molecule has 118 valence electrons. The van der Waals surface area contributed by atoms with Crippen LogP contribution >= 0.6 is 0 Å². The molecular weight excluding hydrogens is 280 g/mol. The van der Waals surface area contributed by atoms with Gasteiger partial charge in [-0.15, -0.1) is 0 Å². The molecule has 1 fully saturated rings. The zero-order chi connectivity index (χ0) is 15.6. The monoisotopic (exact) mass is 304 g/mol. The van der Waals surface area contributed by atoms with E-state index >= 15 is 0 Å². The average Bonchev–Trinajstić information content (AvgIpc) is 3.39. The summed E-state index contributed by atoms with van der Waals surface area (Å²) >= 11 is 0. The molecule has 1 unspecified atom stereocenters. The van der Waals surface area contributed by atoms with E-state index in [4.69, 9.17) is 5.73 Å². The van der Waals surface area contributed by atoms with Crippen molar-refractivity contribution in [3.05, 3.63) is 64.7 Å². The molecule has 0 heterocycles. The summed E-state index contributed by atoms with van der Waals surface area (Å²) < 4.78 is 0. The van der Waals surface area contributed by atoms with Crippen molar-refractivity contribution in [2.75, 3.05) is 12.3 Å². The van der Waals surface area contributed by atoms with Gasteiger partial charge in [0.15, 0.2) is 0 Å². The maximum Gasteiger partial charge on any atom is 0.0317 e. The maximum absolute atomic E-state index is 6.08. The topological polar surface area (TPSA) is 38.0 Å². The number of hydrogen-bond acceptors (Lipinski definition) is 2. The smallest absolute Gasteiger partial charge is 0.0317 e. The number of fused-ring (bicyclic) bond motifs is 2. The van der Waals surface area contributed by atoms with Crippen LogP contribution in [0, 0.1) is 0 Å². The standard InChI is InChI=1S/C21H24N2/c22-17-10-9-16-8-7-15-4-1-2-5-19(15)20(21(16)14-17)6-3-13-23-18-11-12-18/h1-2,4-5,7-10,14,18,20,23H,3,6,11-13,22H2. The van der Waals surface area contributed by atoms with E-state index in [1.807, 2.05) is 6.07 Å². The fraction of sp³-hybridized carbons (Fsp3) is 0.333. The van der Waals surface area contributed by atoms with Crippen molar-refractivity contribution in [1.82, 2.24) is 5.32 Å². The van der Waals surface area contributed by atoms with Gasteiger partial charge in [-0.25, -0.2) is 0 Å². The SMILES string of the molecule is Nc1ccc2c(c1)C(CCCNC1CC1)c1ccccc1C=C2. The third kappa shape index (κ3) is 3.18. The highest BCUT2D eigenvalue weighted by Crippen LogP contribution is 2.38. The number of hydrogen-bond donors (Lipinski definition) is 2.